The summed E-state index contributed by atoms with van der Waals surface area (Å²) in [5.41, 5.74) is 7.79. The van der Waals surface area contributed by atoms with Crippen LogP contribution in [0.3, 0.4) is 0 Å². The SMILES string of the molecule is C=Nc1ccc(C)cc1/C(=C\C)Nc1ccc(NC(=O)c2cccc(Nc3ccncc3)c2)cc1. The number of carbonyl (C=O) groups is 1. The molecule has 0 atom stereocenters. The van der Waals surface area contributed by atoms with Gasteiger partial charge < -0.3 is 16.0 Å². The molecule has 0 spiro atoms. The summed E-state index contributed by atoms with van der Waals surface area (Å²) in [6, 6.07) is 24.8. The lowest BCUT2D eigenvalue weighted by molar-refractivity contribution is 0.102. The van der Waals surface area contributed by atoms with E-state index in [9.17, 15) is 4.79 Å². The lowest BCUT2D eigenvalue weighted by Crippen LogP contribution is -2.12. The number of pyridine rings is 1. The van der Waals surface area contributed by atoms with Crippen molar-refractivity contribution in [1.29, 1.82) is 0 Å². The highest BCUT2D eigenvalue weighted by molar-refractivity contribution is 6.05. The van der Waals surface area contributed by atoms with E-state index in [1.165, 1.54) is 0 Å². The molecule has 35 heavy (non-hydrogen) atoms. The van der Waals surface area contributed by atoms with Crippen LogP contribution in [0.4, 0.5) is 28.4 Å². The van der Waals surface area contributed by atoms with Crippen molar-refractivity contribution in [3.8, 4) is 0 Å². The van der Waals surface area contributed by atoms with Gasteiger partial charge in [0, 0.05) is 52.0 Å². The number of anilines is 4. The molecule has 6 heteroatoms. The zero-order valence-corrected chi connectivity index (χ0v) is 19.7. The van der Waals surface area contributed by atoms with Gasteiger partial charge in [-0.1, -0.05) is 23.8 Å². The van der Waals surface area contributed by atoms with Gasteiger partial charge in [0.05, 0.1) is 5.69 Å². The first-order valence-corrected chi connectivity index (χ1v) is 11.3. The number of hydrogen-bond acceptors (Lipinski definition) is 5. The summed E-state index contributed by atoms with van der Waals surface area (Å²) in [5, 5.41) is 9.67. The molecule has 3 N–H and O–H groups in total. The molecule has 1 aromatic heterocycles. The fraction of sp³-hybridized carbons (Fsp3) is 0.0690. The largest absolute Gasteiger partial charge is 0.355 e. The molecule has 0 radical (unpaired) electrons. The second-order valence-electron chi connectivity index (χ2n) is 7.98. The molecule has 174 valence electrons. The Bertz CT molecular complexity index is 1360. The number of rotatable bonds is 8. The third-order valence-electron chi connectivity index (χ3n) is 5.42. The van der Waals surface area contributed by atoms with Gasteiger partial charge in [-0.3, -0.25) is 14.8 Å². The fourth-order valence-electron chi connectivity index (χ4n) is 3.63. The summed E-state index contributed by atoms with van der Waals surface area (Å²) >= 11 is 0. The van der Waals surface area contributed by atoms with Crippen molar-refractivity contribution >= 4 is 46.8 Å². The number of nitrogens with one attached hydrogen (secondary N) is 3. The van der Waals surface area contributed by atoms with Gasteiger partial charge in [-0.15, -0.1) is 0 Å². The number of aryl methyl sites for hydroxylation is 1. The standard InChI is InChI=1S/C29H27N5O/c1-4-27(26-18-20(2)8-13-28(26)30-3)33-22-9-11-23(12-10-22)34-29(35)21-6-5-7-25(19-21)32-24-14-16-31-17-15-24/h4-19,33H,3H2,1-2H3,(H,31,32)(H,34,35)/b27-4+. The number of carbonyl (C=O) groups excluding carboxylic acids is 1. The van der Waals surface area contributed by atoms with Gasteiger partial charge in [0.1, 0.15) is 0 Å². The van der Waals surface area contributed by atoms with Crippen LogP contribution in [0.25, 0.3) is 5.70 Å². The third-order valence-corrected chi connectivity index (χ3v) is 5.42. The molecule has 6 nitrogen and oxygen atoms in total. The van der Waals surface area contributed by atoms with E-state index >= 15 is 0 Å². The van der Waals surface area contributed by atoms with Gasteiger partial charge in [-0.25, -0.2) is 0 Å². The van der Waals surface area contributed by atoms with Crippen LogP contribution in [0.2, 0.25) is 0 Å². The normalized spacial score (nSPS) is 11.0. The summed E-state index contributed by atoms with van der Waals surface area (Å²) in [5.74, 6) is -0.181. The quantitative estimate of drug-likeness (QED) is 0.243. The smallest absolute Gasteiger partial charge is 0.255 e. The molecule has 0 aliphatic carbocycles. The molecule has 0 aliphatic heterocycles. The predicted octanol–water partition coefficient (Wildman–Crippen LogP) is 7.19. The lowest BCUT2D eigenvalue weighted by Gasteiger charge is -2.15. The molecule has 4 aromatic rings. The van der Waals surface area contributed by atoms with Crippen LogP contribution in [0.5, 0.6) is 0 Å². The number of aromatic nitrogens is 1. The van der Waals surface area contributed by atoms with Gasteiger partial charge >= 0.3 is 0 Å². The highest BCUT2D eigenvalue weighted by atomic mass is 16.1. The van der Waals surface area contributed by atoms with Crippen LogP contribution in [0.15, 0.2) is 102 Å². The second-order valence-corrected chi connectivity index (χ2v) is 7.98. The van der Waals surface area contributed by atoms with E-state index in [1.807, 2.05) is 86.7 Å². The van der Waals surface area contributed by atoms with Crippen molar-refractivity contribution < 1.29 is 4.79 Å². The number of nitrogens with zero attached hydrogens (tertiary/aromatic N) is 2. The van der Waals surface area contributed by atoms with Crippen molar-refractivity contribution in [3.05, 3.63) is 114 Å². The van der Waals surface area contributed by atoms with Gasteiger partial charge in [-0.2, -0.15) is 0 Å². The zero-order valence-electron chi connectivity index (χ0n) is 19.7. The maximum Gasteiger partial charge on any atom is 0.255 e. The van der Waals surface area contributed by atoms with Gasteiger partial charge in [0.2, 0.25) is 0 Å². The minimum Gasteiger partial charge on any atom is -0.355 e. The minimum atomic E-state index is -0.181. The van der Waals surface area contributed by atoms with E-state index in [4.69, 9.17) is 0 Å². The van der Waals surface area contributed by atoms with Gasteiger partial charge in [0.25, 0.3) is 5.91 Å². The molecule has 1 heterocycles. The first-order chi connectivity index (χ1) is 17.1. The topological polar surface area (TPSA) is 78.4 Å². The first-order valence-electron chi connectivity index (χ1n) is 11.3. The Morgan fingerprint density at radius 3 is 2.26 bits per heavy atom. The van der Waals surface area contributed by atoms with Crippen LogP contribution in [-0.2, 0) is 0 Å². The molecule has 4 rings (SSSR count). The molecule has 1 amide bonds. The fourth-order valence-corrected chi connectivity index (χ4v) is 3.63. The van der Waals surface area contributed by atoms with E-state index in [-0.39, 0.29) is 5.91 Å². The van der Waals surface area contributed by atoms with E-state index in [0.717, 1.165) is 39.6 Å². The van der Waals surface area contributed by atoms with Gasteiger partial charge in [-0.05, 0) is 87.3 Å². The molecular formula is C29H27N5O. The number of aliphatic imine (C=N–C) groups is 1. The van der Waals surface area contributed by atoms with Crippen LogP contribution >= 0.6 is 0 Å². The molecule has 0 unspecified atom stereocenters. The minimum absolute atomic E-state index is 0.181. The Labute approximate surface area is 205 Å². The Kier molecular flexibility index (Phi) is 7.33. The molecule has 0 aliphatic rings. The number of allylic oxidation sites excluding steroid dienone is 1. The Balaban J connectivity index is 1.43. The average Bonchev–Trinajstić information content (AvgIpc) is 2.89. The third kappa shape index (κ3) is 6.00. The molecule has 0 fully saturated rings. The second kappa shape index (κ2) is 10.9. The summed E-state index contributed by atoms with van der Waals surface area (Å²) in [7, 11) is 0. The number of hydrogen-bond donors (Lipinski definition) is 3. The monoisotopic (exact) mass is 461 g/mol. The van der Waals surface area contributed by atoms with Crippen molar-refractivity contribution in [3.63, 3.8) is 0 Å². The molecule has 3 aromatic carbocycles. The summed E-state index contributed by atoms with van der Waals surface area (Å²) in [6.07, 6.45) is 5.44. The predicted molar refractivity (Wildman–Crippen MR) is 146 cm³/mol. The highest BCUT2D eigenvalue weighted by Gasteiger charge is 2.10. The Hall–Kier alpha value is -4.71. The summed E-state index contributed by atoms with van der Waals surface area (Å²) in [6.45, 7) is 7.71. The average molecular weight is 462 g/mol. The Morgan fingerprint density at radius 1 is 0.857 bits per heavy atom. The first kappa shape index (κ1) is 23.4. The zero-order chi connectivity index (χ0) is 24.6. The van der Waals surface area contributed by atoms with Crippen LogP contribution in [0.1, 0.15) is 28.4 Å². The van der Waals surface area contributed by atoms with E-state index in [1.54, 1.807) is 18.5 Å². The molecular weight excluding hydrogens is 434 g/mol. The number of benzene rings is 3. The van der Waals surface area contributed by atoms with Crippen molar-refractivity contribution in [2.75, 3.05) is 16.0 Å². The highest BCUT2D eigenvalue weighted by Crippen LogP contribution is 2.29. The van der Waals surface area contributed by atoms with E-state index in [0.29, 0.717) is 11.3 Å². The van der Waals surface area contributed by atoms with Crippen LogP contribution in [-0.4, -0.2) is 17.6 Å². The molecule has 0 saturated carbocycles. The maximum atomic E-state index is 12.8. The Morgan fingerprint density at radius 2 is 1.57 bits per heavy atom. The lowest BCUT2D eigenvalue weighted by atomic mass is 10.1. The maximum absolute atomic E-state index is 12.8. The van der Waals surface area contributed by atoms with Crippen LogP contribution < -0.4 is 16.0 Å². The van der Waals surface area contributed by atoms with Crippen molar-refractivity contribution in [1.82, 2.24) is 4.98 Å². The van der Waals surface area contributed by atoms with E-state index in [2.05, 4.69) is 38.7 Å². The summed E-state index contributed by atoms with van der Waals surface area (Å²) < 4.78 is 0. The van der Waals surface area contributed by atoms with Crippen molar-refractivity contribution in [2.24, 2.45) is 4.99 Å². The molecule has 0 bridgehead atoms. The molecule has 0 saturated heterocycles. The van der Waals surface area contributed by atoms with Gasteiger partial charge in [0.15, 0.2) is 0 Å². The van der Waals surface area contributed by atoms with Crippen molar-refractivity contribution in [2.45, 2.75) is 13.8 Å². The number of amides is 1. The summed E-state index contributed by atoms with van der Waals surface area (Å²) in [4.78, 5) is 21.0. The van der Waals surface area contributed by atoms with Crippen LogP contribution in [0, 0.1) is 6.92 Å². The van der Waals surface area contributed by atoms with E-state index < -0.39 is 0 Å².